The van der Waals surface area contributed by atoms with Gasteiger partial charge in [-0.2, -0.15) is 0 Å². The summed E-state index contributed by atoms with van der Waals surface area (Å²) in [4.78, 5) is 18.7. The van der Waals surface area contributed by atoms with Crippen molar-refractivity contribution in [2.45, 2.75) is 44.6 Å². The second kappa shape index (κ2) is 6.90. The van der Waals surface area contributed by atoms with E-state index in [0.29, 0.717) is 12.0 Å². The van der Waals surface area contributed by atoms with E-state index in [-0.39, 0.29) is 0 Å². The number of pyridine rings is 1. The van der Waals surface area contributed by atoms with Gasteiger partial charge in [0.05, 0.1) is 5.69 Å². The highest BCUT2D eigenvalue weighted by molar-refractivity contribution is 9.10. The fraction of sp³-hybridized carbons (Fsp3) is 0.526. The minimum absolute atomic E-state index is 0.523. The van der Waals surface area contributed by atoms with E-state index in [1.807, 2.05) is 19.2 Å². The molecule has 0 N–H and O–H groups in total. The smallest absolute Gasteiger partial charge is 0.133 e. The van der Waals surface area contributed by atoms with Gasteiger partial charge >= 0.3 is 0 Å². The molecule has 1 aliphatic carbocycles. The third kappa shape index (κ3) is 3.64. The number of aryl methyl sites for hydroxylation is 1. The zero-order valence-electron chi connectivity index (χ0n) is 14.8. The van der Waals surface area contributed by atoms with Crippen LogP contribution in [0.25, 0.3) is 0 Å². The molecule has 1 aliphatic heterocycles. The Labute approximate surface area is 157 Å². The Morgan fingerprint density at radius 3 is 2.52 bits per heavy atom. The van der Waals surface area contributed by atoms with Crippen molar-refractivity contribution in [3.8, 4) is 0 Å². The SMILES string of the molecule is Cc1nc(N2CCC(N(C)c3ccnc(C4CC4)n3)CC2)ccc1Br. The minimum Gasteiger partial charge on any atom is -0.356 e. The quantitative estimate of drug-likeness (QED) is 0.776. The molecule has 2 aliphatic rings. The Hall–Kier alpha value is -1.69. The summed E-state index contributed by atoms with van der Waals surface area (Å²) in [6.45, 7) is 4.11. The fourth-order valence-corrected chi connectivity index (χ4v) is 3.70. The molecule has 2 fully saturated rings. The lowest BCUT2D eigenvalue weighted by molar-refractivity contribution is 0.477. The normalized spacial score (nSPS) is 18.4. The summed E-state index contributed by atoms with van der Waals surface area (Å²) in [6.07, 6.45) is 6.64. The monoisotopic (exact) mass is 401 g/mol. The van der Waals surface area contributed by atoms with Crippen molar-refractivity contribution in [1.29, 1.82) is 0 Å². The van der Waals surface area contributed by atoms with E-state index in [1.54, 1.807) is 0 Å². The lowest BCUT2D eigenvalue weighted by atomic mass is 10.0. The molecule has 1 saturated heterocycles. The van der Waals surface area contributed by atoms with Gasteiger partial charge in [-0.3, -0.25) is 0 Å². The van der Waals surface area contributed by atoms with Crippen LogP contribution in [0.5, 0.6) is 0 Å². The lowest BCUT2D eigenvalue weighted by Gasteiger charge is -2.38. The second-order valence-corrected chi connectivity index (χ2v) is 7.97. The summed E-state index contributed by atoms with van der Waals surface area (Å²) in [5.74, 6) is 3.77. The van der Waals surface area contributed by atoms with Gasteiger partial charge in [0, 0.05) is 42.8 Å². The highest BCUT2D eigenvalue weighted by Gasteiger charge is 2.28. The lowest BCUT2D eigenvalue weighted by Crippen LogP contribution is -2.44. The number of rotatable bonds is 4. The molecule has 1 saturated carbocycles. The van der Waals surface area contributed by atoms with E-state index in [0.717, 1.165) is 53.6 Å². The van der Waals surface area contributed by atoms with Crippen molar-refractivity contribution in [2.75, 3.05) is 29.9 Å². The largest absolute Gasteiger partial charge is 0.356 e. The standard InChI is InChI=1S/C19H24BrN5/c1-13-16(20)5-6-18(22-13)25-11-8-15(9-12-25)24(2)17-7-10-21-19(23-17)14-3-4-14/h5-7,10,14-15H,3-4,8-9,11-12H2,1-2H3. The molecule has 0 unspecified atom stereocenters. The molecule has 6 heteroatoms. The highest BCUT2D eigenvalue weighted by Crippen LogP contribution is 2.38. The first-order valence-electron chi connectivity index (χ1n) is 9.05. The number of piperidine rings is 1. The van der Waals surface area contributed by atoms with Gasteiger partial charge in [-0.15, -0.1) is 0 Å². The first-order valence-corrected chi connectivity index (χ1v) is 9.85. The Kier molecular flexibility index (Phi) is 4.63. The number of hydrogen-bond donors (Lipinski definition) is 0. The van der Waals surface area contributed by atoms with Gasteiger partial charge < -0.3 is 9.80 Å². The van der Waals surface area contributed by atoms with Gasteiger partial charge in [0.15, 0.2) is 0 Å². The average molecular weight is 402 g/mol. The van der Waals surface area contributed by atoms with E-state index in [9.17, 15) is 0 Å². The maximum atomic E-state index is 4.79. The third-order valence-corrected chi connectivity index (χ3v) is 6.14. The van der Waals surface area contributed by atoms with Crippen LogP contribution in [0, 0.1) is 6.92 Å². The summed E-state index contributed by atoms with van der Waals surface area (Å²) in [7, 11) is 2.17. The van der Waals surface area contributed by atoms with Gasteiger partial charge in [0.25, 0.3) is 0 Å². The van der Waals surface area contributed by atoms with Gasteiger partial charge in [-0.25, -0.2) is 15.0 Å². The number of aromatic nitrogens is 3. The maximum absolute atomic E-state index is 4.79. The van der Waals surface area contributed by atoms with Crippen LogP contribution in [-0.2, 0) is 0 Å². The van der Waals surface area contributed by atoms with Crippen molar-refractivity contribution in [1.82, 2.24) is 15.0 Å². The van der Waals surface area contributed by atoms with Crippen LogP contribution in [0.2, 0.25) is 0 Å². The van der Waals surface area contributed by atoms with E-state index in [2.05, 4.69) is 49.9 Å². The highest BCUT2D eigenvalue weighted by atomic mass is 79.9. The Bertz CT molecular complexity index is 753. The molecule has 0 atom stereocenters. The Morgan fingerprint density at radius 1 is 1.08 bits per heavy atom. The third-order valence-electron chi connectivity index (χ3n) is 5.31. The van der Waals surface area contributed by atoms with Crippen molar-refractivity contribution in [3.05, 3.63) is 40.4 Å². The molecule has 3 heterocycles. The van der Waals surface area contributed by atoms with E-state index in [4.69, 9.17) is 9.97 Å². The number of anilines is 2. The molecule has 0 bridgehead atoms. The van der Waals surface area contributed by atoms with Gasteiger partial charge in [0.2, 0.25) is 0 Å². The summed E-state index contributed by atoms with van der Waals surface area (Å²) in [5, 5.41) is 0. The van der Waals surface area contributed by atoms with Crippen LogP contribution in [0.4, 0.5) is 11.6 Å². The summed E-state index contributed by atoms with van der Waals surface area (Å²) < 4.78 is 1.07. The number of hydrogen-bond acceptors (Lipinski definition) is 5. The zero-order valence-corrected chi connectivity index (χ0v) is 16.4. The maximum Gasteiger partial charge on any atom is 0.133 e. The molecule has 0 aromatic carbocycles. The number of halogens is 1. The molecule has 2 aromatic heterocycles. The van der Waals surface area contributed by atoms with E-state index < -0.39 is 0 Å². The molecule has 0 spiro atoms. The second-order valence-electron chi connectivity index (χ2n) is 7.11. The molecular weight excluding hydrogens is 378 g/mol. The first kappa shape index (κ1) is 16.8. The van der Waals surface area contributed by atoms with Crippen molar-refractivity contribution in [2.24, 2.45) is 0 Å². The van der Waals surface area contributed by atoms with Crippen LogP contribution >= 0.6 is 15.9 Å². The first-order chi connectivity index (χ1) is 12.1. The molecule has 0 radical (unpaired) electrons. The van der Waals surface area contributed by atoms with Crippen molar-refractivity contribution < 1.29 is 0 Å². The predicted molar refractivity (Wildman–Crippen MR) is 104 cm³/mol. The molecule has 5 nitrogen and oxygen atoms in total. The van der Waals surface area contributed by atoms with Crippen molar-refractivity contribution in [3.63, 3.8) is 0 Å². The molecule has 4 rings (SSSR count). The Morgan fingerprint density at radius 2 is 1.84 bits per heavy atom. The van der Waals surface area contributed by atoms with Gasteiger partial charge in [-0.1, -0.05) is 0 Å². The average Bonchev–Trinajstić information content (AvgIpc) is 3.49. The molecule has 132 valence electrons. The molecule has 0 amide bonds. The van der Waals surface area contributed by atoms with Crippen molar-refractivity contribution >= 4 is 27.6 Å². The molecule has 2 aromatic rings. The minimum atomic E-state index is 0.523. The summed E-state index contributed by atoms with van der Waals surface area (Å²) in [6, 6.07) is 6.76. The van der Waals surface area contributed by atoms with Crippen LogP contribution in [0.3, 0.4) is 0 Å². The molecular formula is C19H24BrN5. The predicted octanol–water partition coefficient (Wildman–Crippen LogP) is 3.93. The van der Waals surface area contributed by atoms with Crippen LogP contribution < -0.4 is 9.80 Å². The van der Waals surface area contributed by atoms with Gasteiger partial charge in [0.1, 0.15) is 17.5 Å². The Balaban J connectivity index is 1.40. The van der Waals surface area contributed by atoms with E-state index >= 15 is 0 Å². The van der Waals surface area contributed by atoms with Crippen LogP contribution in [0.1, 0.15) is 43.1 Å². The summed E-state index contributed by atoms with van der Waals surface area (Å²) >= 11 is 3.53. The van der Waals surface area contributed by atoms with Crippen LogP contribution in [0.15, 0.2) is 28.9 Å². The van der Waals surface area contributed by atoms with Crippen LogP contribution in [-0.4, -0.2) is 41.1 Å². The van der Waals surface area contributed by atoms with Gasteiger partial charge in [-0.05, 0) is 66.7 Å². The number of nitrogens with zero attached hydrogens (tertiary/aromatic N) is 5. The fourth-order valence-electron chi connectivity index (χ4n) is 3.47. The summed E-state index contributed by atoms with van der Waals surface area (Å²) in [5.41, 5.74) is 1.05. The van der Waals surface area contributed by atoms with E-state index in [1.165, 1.54) is 12.8 Å². The molecule has 25 heavy (non-hydrogen) atoms. The zero-order chi connectivity index (χ0) is 17.4. The topological polar surface area (TPSA) is 45.2 Å².